The number of benzene rings is 1. The first kappa shape index (κ1) is 11.9. The number of halogens is 1. The Morgan fingerprint density at radius 3 is 2.94 bits per heavy atom. The van der Waals surface area contributed by atoms with E-state index in [9.17, 15) is 5.26 Å². The summed E-state index contributed by atoms with van der Waals surface area (Å²) in [5, 5.41) is 10.1. The third-order valence-corrected chi connectivity index (χ3v) is 5.06. The first-order chi connectivity index (χ1) is 8.51. The van der Waals surface area contributed by atoms with Gasteiger partial charge in [-0.2, -0.15) is 5.26 Å². The maximum absolute atomic E-state index is 9.18. The summed E-state index contributed by atoms with van der Waals surface area (Å²) in [6.07, 6.45) is 0.934. The quantitative estimate of drug-likeness (QED) is 0.671. The fraction of sp³-hybridized carbons (Fsp3) is 0.286. The number of hydrogen-bond donors (Lipinski definition) is 0. The molecule has 1 heterocycles. The molecule has 0 atom stereocenters. The molecule has 3 rings (SSSR count). The lowest BCUT2D eigenvalue weighted by Gasteiger charge is -2.10. The van der Waals surface area contributed by atoms with Gasteiger partial charge in [-0.05, 0) is 31.5 Å². The molecular formula is C14H11BrN2S. The highest BCUT2D eigenvalue weighted by Crippen LogP contribution is 2.42. The minimum Gasteiger partial charge on any atom is -0.239 e. The van der Waals surface area contributed by atoms with Crippen molar-refractivity contribution in [3.63, 3.8) is 0 Å². The van der Waals surface area contributed by atoms with E-state index in [-0.39, 0.29) is 0 Å². The fourth-order valence-electron chi connectivity index (χ4n) is 2.11. The summed E-state index contributed by atoms with van der Waals surface area (Å²) in [5.41, 5.74) is 3.11. The minimum atomic E-state index is -0.496. The van der Waals surface area contributed by atoms with E-state index in [1.54, 1.807) is 11.3 Å². The van der Waals surface area contributed by atoms with Crippen LogP contribution in [0, 0.1) is 11.3 Å². The predicted molar refractivity (Wildman–Crippen MR) is 76.7 cm³/mol. The van der Waals surface area contributed by atoms with Gasteiger partial charge >= 0.3 is 0 Å². The number of nitrogens with zero attached hydrogens (tertiary/aromatic N) is 2. The normalized spacial score (nSPS) is 13.0. The summed E-state index contributed by atoms with van der Waals surface area (Å²) in [6, 6.07) is 8.62. The SMILES string of the molecule is CC(C)(C#N)c1nc2c(s1)Cc1cc(Br)ccc1-2. The van der Waals surface area contributed by atoms with Gasteiger partial charge in [0, 0.05) is 21.3 Å². The molecule has 90 valence electrons. The van der Waals surface area contributed by atoms with Gasteiger partial charge in [-0.3, -0.25) is 0 Å². The van der Waals surface area contributed by atoms with Crippen molar-refractivity contribution in [1.29, 1.82) is 5.26 Å². The van der Waals surface area contributed by atoms with Crippen molar-refractivity contribution in [2.75, 3.05) is 0 Å². The Balaban J connectivity index is 2.12. The molecule has 0 N–H and O–H groups in total. The Morgan fingerprint density at radius 2 is 2.22 bits per heavy atom. The molecule has 1 aliphatic rings. The van der Waals surface area contributed by atoms with Gasteiger partial charge in [0.2, 0.25) is 0 Å². The molecular weight excluding hydrogens is 308 g/mol. The van der Waals surface area contributed by atoms with Crippen LogP contribution in [-0.4, -0.2) is 4.98 Å². The molecule has 1 aromatic carbocycles. The monoisotopic (exact) mass is 318 g/mol. The molecule has 0 unspecified atom stereocenters. The molecule has 0 fully saturated rings. The zero-order valence-electron chi connectivity index (χ0n) is 10.1. The summed E-state index contributed by atoms with van der Waals surface area (Å²) in [6.45, 7) is 3.84. The molecule has 2 nitrogen and oxygen atoms in total. The molecule has 0 saturated heterocycles. The highest BCUT2D eigenvalue weighted by molar-refractivity contribution is 9.10. The Hall–Kier alpha value is -1.18. The van der Waals surface area contributed by atoms with Crippen LogP contribution in [0.15, 0.2) is 22.7 Å². The molecule has 0 saturated carbocycles. The van der Waals surface area contributed by atoms with E-state index in [1.807, 2.05) is 19.9 Å². The summed E-state index contributed by atoms with van der Waals surface area (Å²) in [7, 11) is 0. The Labute approximate surface area is 118 Å². The van der Waals surface area contributed by atoms with Crippen LogP contribution in [0.1, 0.15) is 29.3 Å². The largest absolute Gasteiger partial charge is 0.239 e. The van der Waals surface area contributed by atoms with Gasteiger partial charge in [-0.25, -0.2) is 4.98 Å². The first-order valence-corrected chi connectivity index (χ1v) is 7.32. The number of rotatable bonds is 1. The first-order valence-electron chi connectivity index (χ1n) is 5.71. The summed E-state index contributed by atoms with van der Waals surface area (Å²) in [5.74, 6) is 0. The molecule has 1 aromatic heterocycles. The molecule has 4 heteroatoms. The predicted octanol–water partition coefficient (Wildman–Crippen LogP) is 4.28. The minimum absolute atomic E-state index is 0.496. The maximum Gasteiger partial charge on any atom is 0.113 e. The van der Waals surface area contributed by atoms with Gasteiger partial charge in [0.1, 0.15) is 10.4 Å². The zero-order valence-corrected chi connectivity index (χ0v) is 12.5. The smallest absolute Gasteiger partial charge is 0.113 e. The molecule has 0 aliphatic heterocycles. The van der Waals surface area contributed by atoms with Gasteiger partial charge < -0.3 is 0 Å². The molecule has 2 aromatic rings. The third kappa shape index (κ3) is 1.70. The van der Waals surface area contributed by atoms with Crippen molar-refractivity contribution in [3.05, 3.63) is 38.1 Å². The highest BCUT2D eigenvalue weighted by Gasteiger charge is 2.30. The van der Waals surface area contributed by atoms with E-state index in [0.29, 0.717) is 0 Å². The molecule has 0 amide bonds. The maximum atomic E-state index is 9.18. The van der Waals surface area contributed by atoms with Gasteiger partial charge in [-0.1, -0.05) is 22.0 Å². The van der Waals surface area contributed by atoms with Crippen LogP contribution < -0.4 is 0 Å². The van der Waals surface area contributed by atoms with Crippen LogP contribution in [0.3, 0.4) is 0 Å². The van der Waals surface area contributed by atoms with Crippen molar-refractivity contribution in [2.24, 2.45) is 0 Å². The number of aromatic nitrogens is 1. The molecule has 0 radical (unpaired) electrons. The van der Waals surface area contributed by atoms with E-state index < -0.39 is 5.41 Å². The topological polar surface area (TPSA) is 36.7 Å². The van der Waals surface area contributed by atoms with Gasteiger partial charge in [0.05, 0.1) is 11.8 Å². The van der Waals surface area contributed by atoms with Gasteiger partial charge in [0.15, 0.2) is 0 Å². The Kier molecular flexibility index (Phi) is 2.58. The van der Waals surface area contributed by atoms with Gasteiger partial charge in [0.25, 0.3) is 0 Å². The van der Waals surface area contributed by atoms with Crippen LogP contribution in [0.2, 0.25) is 0 Å². The second kappa shape index (κ2) is 3.91. The van der Waals surface area contributed by atoms with E-state index in [0.717, 1.165) is 21.6 Å². The second-order valence-electron chi connectivity index (χ2n) is 5.01. The van der Waals surface area contributed by atoms with Gasteiger partial charge in [-0.15, -0.1) is 11.3 Å². The van der Waals surface area contributed by atoms with Crippen LogP contribution in [0.5, 0.6) is 0 Å². The van der Waals surface area contributed by atoms with Crippen molar-refractivity contribution < 1.29 is 0 Å². The molecule has 1 aliphatic carbocycles. The molecule has 18 heavy (non-hydrogen) atoms. The number of fused-ring (bicyclic) bond motifs is 3. The fourth-order valence-corrected chi connectivity index (χ4v) is 3.67. The van der Waals surface area contributed by atoms with E-state index in [2.05, 4.69) is 39.1 Å². The Morgan fingerprint density at radius 1 is 1.44 bits per heavy atom. The zero-order chi connectivity index (χ0) is 12.9. The highest BCUT2D eigenvalue weighted by atomic mass is 79.9. The van der Waals surface area contributed by atoms with E-state index in [1.165, 1.54) is 16.0 Å². The number of thiazole rings is 1. The van der Waals surface area contributed by atoms with Crippen molar-refractivity contribution >= 4 is 27.3 Å². The average molecular weight is 319 g/mol. The van der Waals surface area contributed by atoms with Crippen LogP contribution in [-0.2, 0) is 11.8 Å². The third-order valence-electron chi connectivity index (χ3n) is 3.18. The van der Waals surface area contributed by atoms with E-state index in [4.69, 9.17) is 0 Å². The van der Waals surface area contributed by atoms with Crippen LogP contribution >= 0.6 is 27.3 Å². The lowest BCUT2D eigenvalue weighted by molar-refractivity contribution is 0.680. The summed E-state index contributed by atoms with van der Waals surface area (Å²) < 4.78 is 1.11. The second-order valence-corrected chi connectivity index (χ2v) is 7.01. The number of hydrogen-bond acceptors (Lipinski definition) is 3. The summed E-state index contributed by atoms with van der Waals surface area (Å²) >= 11 is 5.16. The summed E-state index contributed by atoms with van der Waals surface area (Å²) in [4.78, 5) is 5.96. The average Bonchev–Trinajstić information content (AvgIpc) is 2.85. The van der Waals surface area contributed by atoms with Crippen LogP contribution in [0.4, 0.5) is 0 Å². The Bertz CT molecular complexity index is 680. The van der Waals surface area contributed by atoms with Crippen molar-refractivity contribution in [2.45, 2.75) is 25.7 Å². The van der Waals surface area contributed by atoms with E-state index >= 15 is 0 Å². The number of nitriles is 1. The van der Waals surface area contributed by atoms with Crippen molar-refractivity contribution in [3.8, 4) is 17.3 Å². The lowest BCUT2D eigenvalue weighted by atomic mass is 9.97. The molecule has 0 spiro atoms. The lowest BCUT2D eigenvalue weighted by Crippen LogP contribution is -2.13. The molecule has 0 bridgehead atoms. The van der Waals surface area contributed by atoms with Crippen molar-refractivity contribution in [1.82, 2.24) is 4.98 Å². The van der Waals surface area contributed by atoms with Crippen LogP contribution in [0.25, 0.3) is 11.3 Å². The standard InChI is InChI=1S/C14H11BrN2S/c1-14(2,7-16)13-17-12-10-4-3-9(15)5-8(10)6-11(12)18-13/h3-5H,6H2,1-2H3.